The van der Waals surface area contributed by atoms with Crippen LogP contribution >= 0.6 is 11.6 Å². The van der Waals surface area contributed by atoms with Gasteiger partial charge in [-0.15, -0.1) is 0 Å². The average Bonchev–Trinajstić information content (AvgIpc) is 2.65. The van der Waals surface area contributed by atoms with Gasteiger partial charge in [0.1, 0.15) is 5.75 Å². The molecule has 0 bridgehead atoms. The monoisotopic (exact) mass is 282 g/mol. The number of aliphatic carboxylic acids is 1. The van der Waals surface area contributed by atoms with Crippen LogP contribution in [-0.4, -0.2) is 18.2 Å². The Labute approximate surface area is 118 Å². The molecule has 0 saturated heterocycles. The number of carbonyl (C=O) groups is 1. The van der Waals surface area contributed by atoms with Crippen LogP contribution in [0, 0.1) is 5.92 Å². The molecule has 1 aromatic rings. The van der Waals surface area contributed by atoms with E-state index in [1.807, 2.05) is 12.1 Å². The topological polar surface area (TPSA) is 46.5 Å². The summed E-state index contributed by atoms with van der Waals surface area (Å²) >= 11 is 6.03. The Hall–Kier alpha value is -1.22. The fourth-order valence-electron chi connectivity index (χ4n) is 2.91. The van der Waals surface area contributed by atoms with Crippen molar-refractivity contribution in [2.45, 2.75) is 38.0 Å². The fourth-order valence-corrected chi connectivity index (χ4v) is 3.10. The zero-order valence-electron chi connectivity index (χ0n) is 11.1. The number of halogens is 1. The number of hydrogen-bond acceptors (Lipinski definition) is 2. The molecule has 0 aliphatic heterocycles. The van der Waals surface area contributed by atoms with E-state index in [0.29, 0.717) is 10.8 Å². The first-order valence-electron chi connectivity index (χ1n) is 6.69. The van der Waals surface area contributed by atoms with Gasteiger partial charge in [-0.1, -0.05) is 36.9 Å². The smallest absolute Gasteiger partial charge is 0.307 e. The lowest BCUT2D eigenvalue weighted by Crippen LogP contribution is -2.21. The van der Waals surface area contributed by atoms with Gasteiger partial charge in [0.25, 0.3) is 0 Å². The zero-order valence-corrected chi connectivity index (χ0v) is 11.8. The molecule has 0 heterocycles. The minimum atomic E-state index is -0.694. The van der Waals surface area contributed by atoms with Crippen molar-refractivity contribution < 1.29 is 14.6 Å². The molecule has 1 aliphatic rings. The Bertz CT molecular complexity index is 459. The van der Waals surface area contributed by atoms with Gasteiger partial charge in [-0.2, -0.15) is 0 Å². The van der Waals surface area contributed by atoms with E-state index in [2.05, 4.69) is 0 Å². The highest BCUT2D eigenvalue weighted by atomic mass is 35.5. The van der Waals surface area contributed by atoms with E-state index in [1.165, 1.54) is 0 Å². The summed E-state index contributed by atoms with van der Waals surface area (Å²) in [6.45, 7) is 0. The van der Waals surface area contributed by atoms with E-state index in [-0.39, 0.29) is 11.8 Å². The molecule has 1 aliphatic carbocycles. The molecular formula is C15H19ClO3. The van der Waals surface area contributed by atoms with Crippen LogP contribution in [0.3, 0.4) is 0 Å². The van der Waals surface area contributed by atoms with Crippen LogP contribution in [0.1, 0.15) is 43.6 Å². The summed E-state index contributed by atoms with van der Waals surface area (Å²) in [6.07, 6.45) is 4.87. The Morgan fingerprint density at radius 2 is 2.05 bits per heavy atom. The molecule has 1 saturated carbocycles. The standard InChI is InChI=1S/C15H19ClO3/c1-19-14-9-10(7-8-13(14)16)11-5-3-2-4-6-12(11)15(17)18/h7-9,11-12H,2-6H2,1H3,(H,17,18). The van der Waals surface area contributed by atoms with Gasteiger partial charge in [0.05, 0.1) is 18.1 Å². The second-order valence-electron chi connectivity index (χ2n) is 5.08. The maximum Gasteiger partial charge on any atom is 0.307 e. The molecule has 3 nitrogen and oxygen atoms in total. The molecule has 2 atom stereocenters. The SMILES string of the molecule is COc1cc(C2CCCCCC2C(=O)O)ccc1Cl. The van der Waals surface area contributed by atoms with Crippen LogP contribution in [0.4, 0.5) is 0 Å². The number of benzene rings is 1. The minimum Gasteiger partial charge on any atom is -0.495 e. The lowest BCUT2D eigenvalue weighted by molar-refractivity contribution is -0.142. The van der Waals surface area contributed by atoms with Crippen molar-refractivity contribution in [3.05, 3.63) is 28.8 Å². The molecule has 0 amide bonds. The minimum absolute atomic E-state index is 0.0613. The van der Waals surface area contributed by atoms with Crippen molar-refractivity contribution in [3.63, 3.8) is 0 Å². The van der Waals surface area contributed by atoms with Gasteiger partial charge in [0, 0.05) is 0 Å². The van der Waals surface area contributed by atoms with Gasteiger partial charge in [-0.3, -0.25) is 4.79 Å². The Morgan fingerprint density at radius 3 is 2.74 bits per heavy atom. The van der Waals surface area contributed by atoms with Gasteiger partial charge in [-0.05, 0) is 36.5 Å². The highest BCUT2D eigenvalue weighted by Gasteiger charge is 2.30. The van der Waals surface area contributed by atoms with Crippen LogP contribution in [-0.2, 0) is 4.79 Å². The first kappa shape index (κ1) is 14.2. The van der Waals surface area contributed by atoms with Gasteiger partial charge in [0.15, 0.2) is 0 Å². The summed E-state index contributed by atoms with van der Waals surface area (Å²) in [6, 6.07) is 5.60. The van der Waals surface area contributed by atoms with Gasteiger partial charge >= 0.3 is 5.97 Å². The van der Waals surface area contributed by atoms with Gasteiger partial charge in [-0.25, -0.2) is 0 Å². The van der Waals surface area contributed by atoms with E-state index >= 15 is 0 Å². The Kier molecular flexibility index (Phi) is 4.70. The second kappa shape index (κ2) is 6.29. The second-order valence-corrected chi connectivity index (χ2v) is 5.49. The maximum absolute atomic E-state index is 11.5. The number of hydrogen-bond donors (Lipinski definition) is 1. The number of rotatable bonds is 3. The van der Waals surface area contributed by atoms with Gasteiger partial charge in [0.2, 0.25) is 0 Å². The lowest BCUT2D eigenvalue weighted by atomic mass is 9.82. The van der Waals surface area contributed by atoms with E-state index in [0.717, 1.165) is 37.7 Å². The largest absolute Gasteiger partial charge is 0.495 e. The highest BCUT2D eigenvalue weighted by Crippen LogP contribution is 2.39. The van der Waals surface area contributed by atoms with E-state index in [1.54, 1.807) is 13.2 Å². The van der Waals surface area contributed by atoms with Crippen molar-refractivity contribution in [2.24, 2.45) is 5.92 Å². The number of methoxy groups -OCH3 is 1. The molecule has 2 rings (SSSR count). The highest BCUT2D eigenvalue weighted by molar-refractivity contribution is 6.32. The molecule has 0 aromatic heterocycles. The van der Waals surface area contributed by atoms with E-state index < -0.39 is 5.97 Å². The van der Waals surface area contributed by atoms with Crippen molar-refractivity contribution >= 4 is 17.6 Å². The fraction of sp³-hybridized carbons (Fsp3) is 0.533. The number of ether oxygens (including phenoxy) is 1. The summed E-state index contributed by atoms with van der Waals surface area (Å²) in [5.41, 5.74) is 1.02. The third-order valence-corrected chi connectivity index (χ3v) is 4.25. The predicted molar refractivity (Wildman–Crippen MR) is 75.0 cm³/mol. The summed E-state index contributed by atoms with van der Waals surface area (Å²) < 4.78 is 5.22. The molecule has 1 N–H and O–H groups in total. The van der Waals surface area contributed by atoms with Crippen LogP contribution < -0.4 is 4.74 Å². The van der Waals surface area contributed by atoms with Crippen LogP contribution in [0.5, 0.6) is 5.75 Å². The normalized spacial score (nSPS) is 23.7. The van der Waals surface area contributed by atoms with E-state index in [4.69, 9.17) is 16.3 Å². The Balaban J connectivity index is 2.33. The van der Waals surface area contributed by atoms with Crippen LogP contribution in [0.15, 0.2) is 18.2 Å². The third-order valence-electron chi connectivity index (χ3n) is 3.94. The molecule has 0 radical (unpaired) electrons. The summed E-state index contributed by atoms with van der Waals surface area (Å²) in [5, 5.41) is 9.98. The summed E-state index contributed by atoms with van der Waals surface area (Å²) in [4.78, 5) is 11.5. The van der Waals surface area contributed by atoms with Crippen LogP contribution in [0.25, 0.3) is 0 Å². The molecular weight excluding hydrogens is 264 g/mol. The van der Waals surface area contributed by atoms with Crippen LogP contribution in [0.2, 0.25) is 5.02 Å². The summed E-state index contributed by atoms with van der Waals surface area (Å²) in [5.74, 6) is -0.312. The molecule has 4 heteroatoms. The van der Waals surface area contributed by atoms with E-state index in [9.17, 15) is 9.90 Å². The average molecular weight is 283 g/mol. The quantitative estimate of drug-likeness (QED) is 0.849. The first-order valence-corrected chi connectivity index (χ1v) is 7.07. The molecule has 1 fully saturated rings. The molecule has 0 spiro atoms. The lowest BCUT2D eigenvalue weighted by Gasteiger charge is -2.22. The van der Waals surface area contributed by atoms with Gasteiger partial charge < -0.3 is 9.84 Å². The molecule has 2 unspecified atom stereocenters. The number of carboxylic acid groups (broad SMARTS) is 1. The first-order chi connectivity index (χ1) is 9.13. The van der Waals surface area contributed by atoms with Crippen molar-refractivity contribution in [3.8, 4) is 5.75 Å². The molecule has 19 heavy (non-hydrogen) atoms. The Morgan fingerprint density at radius 1 is 1.32 bits per heavy atom. The van der Waals surface area contributed by atoms with Crippen molar-refractivity contribution in [2.75, 3.05) is 7.11 Å². The predicted octanol–water partition coefficient (Wildman–Crippen LogP) is 4.10. The molecule has 1 aromatic carbocycles. The third kappa shape index (κ3) is 3.21. The summed E-state index contributed by atoms with van der Waals surface area (Å²) in [7, 11) is 1.58. The van der Waals surface area contributed by atoms with Crippen molar-refractivity contribution in [1.29, 1.82) is 0 Å². The van der Waals surface area contributed by atoms with Crippen molar-refractivity contribution in [1.82, 2.24) is 0 Å². The number of carboxylic acids is 1. The molecule has 104 valence electrons. The zero-order chi connectivity index (χ0) is 13.8. The maximum atomic E-state index is 11.5.